The molecule has 0 aliphatic rings. The molecule has 58 heavy (non-hydrogen) atoms. The van der Waals surface area contributed by atoms with Gasteiger partial charge in [0.1, 0.15) is 11.2 Å². The molecule has 11 aromatic rings. The normalized spacial score (nSPS) is 11.4. The fourth-order valence-corrected chi connectivity index (χ4v) is 8.18. The average molecular weight is 743 g/mol. The molecule has 0 atom stereocenters. The molecule has 0 saturated heterocycles. The Morgan fingerprint density at radius 2 is 0.793 bits per heavy atom. The van der Waals surface area contributed by atoms with Crippen LogP contribution in [-0.2, 0) is 0 Å². The first-order valence-electron chi connectivity index (χ1n) is 19.4. The highest BCUT2D eigenvalue weighted by Crippen LogP contribution is 2.42. The zero-order chi connectivity index (χ0) is 38.4. The van der Waals surface area contributed by atoms with Crippen LogP contribution in [0.3, 0.4) is 0 Å². The van der Waals surface area contributed by atoms with Crippen molar-refractivity contribution >= 4 is 60.5 Å². The topological polar surface area (TPSA) is 55.1 Å². The third kappa shape index (κ3) is 5.85. The lowest BCUT2D eigenvalue weighted by atomic mass is 9.97. The van der Waals surface area contributed by atoms with Crippen LogP contribution < -0.4 is 4.90 Å². The highest BCUT2D eigenvalue weighted by molar-refractivity contribution is 6.13. The van der Waals surface area contributed by atoms with E-state index in [1.807, 2.05) is 24.3 Å². The molecule has 0 saturated carbocycles. The van der Waals surface area contributed by atoms with Crippen molar-refractivity contribution < 1.29 is 4.42 Å². The molecule has 0 spiro atoms. The lowest BCUT2D eigenvalue weighted by Gasteiger charge is -2.25. The molecular formula is C53H34N4O. The quantitative estimate of drug-likeness (QED) is 0.163. The summed E-state index contributed by atoms with van der Waals surface area (Å²) in [6.07, 6.45) is 0. The van der Waals surface area contributed by atoms with E-state index in [9.17, 15) is 0 Å². The zero-order valence-corrected chi connectivity index (χ0v) is 31.3. The number of furan rings is 1. The van der Waals surface area contributed by atoms with E-state index in [1.165, 1.54) is 0 Å². The lowest BCUT2D eigenvalue weighted by Crippen LogP contribution is -2.09. The van der Waals surface area contributed by atoms with Gasteiger partial charge in [0.2, 0.25) is 0 Å². The van der Waals surface area contributed by atoms with Crippen LogP contribution in [0.1, 0.15) is 0 Å². The Labute approximate surface area is 335 Å². The molecule has 2 aromatic heterocycles. The molecule has 0 unspecified atom stereocenters. The van der Waals surface area contributed by atoms with Gasteiger partial charge in [0.25, 0.3) is 0 Å². The van der Waals surface area contributed by atoms with Crippen molar-refractivity contribution in [3.8, 4) is 45.3 Å². The second-order valence-corrected chi connectivity index (χ2v) is 14.4. The van der Waals surface area contributed by atoms with E-state index in [0.29, 0.717) is 17.5 Å². The first-order valence-corrected chi connectivity index (χ1v) is 19.4. The Bertz CT molecular complexity index is 3140. The monoisotopic (exact) mass is 742 g/mol. The smallest absolute Gasteiger partial charge is 0.164 e. The van der Waals surface area contributed by atoms with Crippen LogP contribution in [0.2, 0.25) is 0 Å². The number of rotatable bonds is 7. The molecule has 0 bridgehead atoms. The summed E-state index contributed by atoms with van der Waals surface area (Å²) < 4.78 is 6.62. The first kappa shape index (κ1) is 33.4. The van der Waals surface area contributed by atoms with Crippen LogP contribution in [0.15, 0.2) is 211 Å². The molecule has 0 radical (unpaired) electrons. The van der Waals surface area contributed by atoms with E-state index in [-0.39, 0.29) is 0 Å². The molecule has 9 aromatic carbocycles. The van der Waals surface area contributed by atoms with Gasteiger partial charge in [-0.25, -0.2) is 15.0 Å². The van der Waals surface area contributed by atoms with Crippen LogP contribution >= 0.6 is 0 Å². The SMILES string of the molecule is c1ccc(N(c2ccccc2)c2ccc(-c3cc(-c4nc(-c5cccc6ccccc56)nc(-c5cccc6ccccc56)n4)c4c(c3)oc3ccccc34)cc2)cc1. The molecule has 5 heteroatoms. The van der Waals surface area contributed by atoms with Crippen molar-refractivity contribution in [3.05, 3.63) is 206 Å². The van der Waals surface area contributed by atoms with Gasteiger partial charge < -0.3 is 9.32 Å². The maximum Gasteiger partial charge on any atom is 0.164 e. The standard InChI is InChI=1S/C53H34N4O/c1-3-19-39(20-4-1)57(40-21-5-2-6-22-40)41-31-29-35(30-32-41)38-33-47(50-46-25-11-12-28-48(46)58-49(50)34-38)53-55-51(44-26-13-17-36-15-7-9-23-42(36)44)54-52(56-53)45-27-14-18-37-16-8-10-24-43(37)45/h1-34H. The van der Waals surface area contributed by atoms with Gasteiger partial charge >= 0.3 is 0 Å². The predicted molar refractivity (Wildman–Crippen MR) is 239 cm³/mol. The maximum absolute atomic E-state index is 6.62. The Morgan fingerprint density at radius 3 is 1.38 bits per heavy atom. The number of nitrogens with zero attached hydrogens (tertiary/aromatic N) is 4. The molecule has 0 aliphatic heterocycles. The number of para-hydroxylation sites is 3. The molecule has 0 amide bonds. The van der Waals surface area contributed by atoms with Gasteiger partial charge in [0.05, 0.1) is 0 Å². The lowest BCUT2D eigenvalue weighted by molar-refractivity contribution is 0.669. The number of aromatic nitrogens is 3. The van der Waals surface area contributed by atoms with Gasteiger partial charge in [0, 0.05) is 44.5 Å². The Hall–Kier alpha value is -7.89. The molecule has 11 rings (SSSR count). The minimum absolute atomic E-state index is 0.579. The summed E-state index contributed by atoms with van der Waals surface area (Å²) in [7, 11) is 0. The van der Waals surface area contributed by atoms with Crippen molar-refractivity contribution in [1.82, 2.24) is 15.0 Å². The Kier molecular flexibility index (Phi) is 8.07. The summed E-state index contributed by atoms with van der Waals surface area (Å²) in [5, 5.41) is 6.39. The third-order valence-corrected chi connectivity index (χ3v) is 10.9. The summed E-state index contributed by atoms with van der Waals surface area (Å²) in [5.74, 6) is 1.81. The Balaban J connectivity index is 1.13. The molecule has 0 aliphatic carbocycles. The molecule has 272 valence electrons. The average Bonchev–Trinajstić information content (AvgIpc) is 3.68. The van der Waals surface area contributed by atoms with Crippen LogP contribution in [0, 0.1) is 0 Å². The van der Waals surface area contributed by atoms with Gasteiger partial charge in [-0.3, -0.25) is 0 Å². The predicted octanol–water partition coefficient (Wildman–Crippen LogP) is 14.2. The summed E-state index contributed by atoms with van der Waals surface area (Å²) in [4.78, 5) is 18.2. The highest BCUT2D eigenvalue weighted by Gasteiger charge is 2.21. The zero-order valence-electron chi connectivity index (χ0n) is 31.3. The van der Waals surface area contributed by atoms with Gasteiger partial charge in [-0.2, -0.15) is 0 Å². The number of fused-ring (bicyclic) bond motifs is 5. The minimum Gasteiger partial charge on any atom is -0.456 e. The number of hydrogen-bond acceptors (Lipinski definition) is 5. The van der Waals surface area contributed by atoms with Crippen LogP contribution in [0.5, 0.6) is 0 Å². The summed E-state index contributed by atoms with van der Waals surface area (Å²) in [5.41, 5.74) is 9.64. The number of anilines is 3. The Morgan fingerprint density at radius 1 is 0.328 bits per heavy atom. The minimum atomic E-state index is 0.579. The van der Waals surface area contributed by atoms with E-state index >= 15 is 0 Å². The van der Waals surface area contributed by atoms with Gasteiger partial charge in [-0.15, -0.1) is 0 Å². The fourth-order valence-electron chi connectivity index (χ4n) is 8.18. The van der Waals surface area contributed by atoms with Gasteiger partial charge in [0.15, 0.2) is 17.5 Å². The van der Waals surface area contributed by atoms with Crippen molar-refractivity contribution in [2.45, 2.75) is 0 Å². The molecule has 5 nitrogen and oxygen atoms in total. The summed E-state index contributed by atoms with van der Waals surface area (Å²) in [6.45, 7) is 0. The van der Waals surface area contributed by atoms with Gasteiger partial charge in [-0.1, -0.05) is 152 Å². The number of hydrogen-bond donors (Lipinski definition) is 0. The largest absolute Gasteiger partial charge is 0.456 e. The molecule has 0 N–H and O–H groups in total. The fraction of sp³-hybridized carbons (Fsp3) is 0. The third-order valence-electron chi connectivity index (χ3n) is 10.9. The maximum atomic E-state index is 6.62. The molecule has 2 heterocycles. The molecule has 0 fully saturated rings. The van der Waals surface area contributed by atoms with Gasteiger partial charge in [-0.05, 0) is 87.3 Å². The number of benzene rings is 9. The van der Waals surface area contributed by atoms with Crippen molar-refractivity contribution in [2.24, 2.45) is 0 Å². The second kappa shape index (κ2) is 14.0. The van der Waals surface area contributed by atoms with E-state index in [2.05, 4.69) is 187 Å². The van der Waals surface area contributed by atoms with Crippen molar-refractivity contribution in [2.75, 3.05) is 4.90 Å². The second-order valence-electron chi connectivity index (χ2n) is 14.4. The van der Waals surface area contributed by atoms with Crippen molar-refractivity contribution in [1.29, 1.82) is 0 Å². The first-order chi connectivity index (χ1) is 28.7. The summed E-state index contributed by atoms with van der Waals surface area (Å²) in [6, 6.07) is 71.5. The van der Waals surface area contributed by atoms with Crippen molar-refractivity contribution in [3.63, 3.8) is 0 Å². The highest BCUT2D eigenvalue weighted by atomic mass is 16.3. The van der Waals surface area contributed by atoms with E-state index in [4.69, 9.17) is 19.4 Å². The van der Waals surface area contributed by atoms with Crippen LogP contribution in [-0.4, -0.2) is 15.0 Å². The van der Waals surface area contributed by atoms with Crippen LogP contribution in [0.4, 0.5) is 17.1 Å². The molecular weight excluding hydrogens is 709 g/mol. The van der Waals surface area contributed by atoms with E-state index in [0.717, 1.165) is 88.4 Å². The van der Waals surface area contributed by atoms with E-state index < -0.39 is 0 Å². The summed E-state index contributed by atoms with van der Waals surface area (Å²) >= 11 is 0. The van der Waals surface area contributed by atoms with Crippen LogP contribution in [0.25, 0.3) is 88.8 Å². The van der Waals surface area contributed by atoms with E-state index in [1.54, 1.807) is 0 Å².